The molecule has 1 amide bonds. The lowest BCUT2D eigenvalue weighted by atomic mass is 9.92. The van der Waals surface area contributed by atoms with Crippen LogP contribution in [0.4, 0.5) is 5.13 Å². The lowest BCUT2D eigenvalue weighted by molar-refractivity contribution is 0.0929. The average Bonchev–Trinajstić information content (AvgIpc) is 2.61. The number of rotatable bonds is 2. The number of hydrogen-bond acceptors (Lipinski definition) is 5. The Hall–Kier alpha value is -1.14. The largest absolute Gasteiger partial charge is 0.375 e. The molecule has 0 saturated heterocycles. The second-order valence-electron chi connectivity index (χ2n) is 4.55. The third-order valence-corrected chi connectivity index (χ3v) is 4.11. The van der Waals surface area contributed by atoms with E-state index in [1.165, 1.54) is 11.3 Å². The van der Waals surface area contributed by atoms with Crippen molar-refractivity contribution in [3.63, 3.8) is 0 Å². The molecule has 94 valence electrons. The Morgan fingerprint density at radius 3 is 2.59 bits per heavy atom. The van der Waals surface area contributed by atoms with Crippen molar-refractivity contribution in [1.29, 1.82) is 0 Å². The summed E-state index contributed by atoms with van der Waals surface area (Å²) in [5, 5.41) is 3.47. The number of aromatic nitrogens is 1. The predicted molar refractivity (Wildman–Crippen MR) is 69.0 cm³/mol. The minimum absolute atomic E-state index is 0.0582. The van der Waals surface area contributed by atoms with E-state index in [9.17, 15) is 4.79 Å². The first kappa shape index (κ1) is 12.3. The van der Waals surface area contributed by atoms with Crippen LogP contribution < -0.4 is 16.8 Å². The fraction of sp³-hybridized carbons (Fsp3) is 0.636. The molecule has 0 spiro atoms. The van der Waals surface area contributed by atoms with Gasteiger partial charge >= 0.3 is 0 Å². The second kappa shape index (κ2) is 5.01. The number of carbonyl (C=O) groups is 1. The first-order valence-corrected chi connectivity index (χ1v) is 6.67. The first-order chi connectivity index (χ1) is 8.06. The standard InChI is InChI=1S/C11H18N4OS/c1-6-9(17-11(13)14-6)10(16)15-8-4-2-7(12)3-5-8/h7-8H,2-5,12H2,1H3,(H2,13,14)(H,15,16). The van der Waals surface area contributed by atoms with Crippen LogP contribution in [0.5, 0.6) is 0 Å². The molecule has 1 aromatic rings. The molecule has 0 atom stereocenters. The molecule has 6 heteroatoms. The van der Waals surface area contributed by atoms with Crippen LogP contribution in [-0.4, -0.2) is 23.0 Å². The maximum absolute atomic E-state index is 12.0. The molecule has 2 rings (SSSR count). The quantitative estimate of drug-likeness (QED) is 0.735. The molecule has 0 unspecified atom stereocenters. The zero-order valence-corrected chi connectivity index (χ0v) is 10.7. The summed E-state index contributed by atoms with van der Waals surface area (Å²) in [5.74, 6) is -0.0582. The molecule has 0 aromatic carbocycles. The topological polar surface area (TPSA) is 94.0 Å². The van der Waals surface area contributed by atoms with Crippen molar-refractivity contribution in [3.8, 4) is 0 Å². The number of anilines is 1. The lowest BCUT2D eigenvalue weighted by Crippen LogP contribution is -2.40. The SMILES string of the molecule is Cc1nc(N)sc1C(=O)NC1CCC(N)CC1. The Morgan fingerprint density at radius 2 is 2.06 bits per heavy atom. The van der Waals surface area contributed by atoms with E-state index in [-0.39, 0.29) is 11.9 Å². The van der Waals surface area contributed by atoms with Gasteiger partial charge in [0, 0.05) is 12.1 Å². The van der Waals surface area contributed by atoms with Gasteiger partial charge in [-0.15, -0.1) is 0 Å². The fourth-order valence-corrected chi connectivity index (χ4v) is 2.88. The molecule has 1 aliphatic carbocycles. The molecule has 0 aliphatic heterocycles. The average molecular weight is 254 g/mol. The van der Waals surface area contributed by atoms with E-state index < -0.39 is 0 Å². The minimum atomic E-state index is -0.0582. The fourth-order valence-electron chi connectivity index (χ4n) is 2.14. The summed E-state index contributed by atoms with van der Waals surface area (Å²) in [7, 11) is 0. The van der Waals surface area contributed by atoms with E-state index in [4.69, 9.17) is 11.5 Å². The van der Waals surface area contributed by atoms with Crippen LogP contribution in [0.1, 0.15) is 41.0 Å². The third kappa shape index (κ3) is 2.95. The van der Waals surface area contributed by atoms with E-state index in [0.717, 1.165) is 25.7 Å². The normalized spacial score (nSPS) is 24.6. The van der Waals surface area contributed by atoms with E-state index >= 15 is 0 Å². The van der Waals surface area contributed by atoms with Gasteiger partial charge in [-0.1, -0.05) is 11.3 Å². The van der Waals surface area contributed by atoms with Crippen LogP contribution in [0.2, 0.25) is 0 Å². The molecule has 0 bridgehead atoms. The number of nitrogens with one attached hydrogen (secondary N) is 1. The van der Waals surface area contributed by atoms with Crippen LogP contribution in [-0.2, 0) is 0 Å². The highest BCUT2D eigenvalue weighted by atomic mass is 32.1. The van der Waals surface area contributed by atoms with Crippen molar-refractivity contribution in [2.45, 2.75) is 44.7 Å². The Balaban J connectivity index is 1.95. The van der Waals surface area contributed by atoms with E-state index in [1.807, 2.05) is 0 Å². The van der Waals surface area contributed by atoms with E-state index in [0.29, 0.717) is 21.7 Å². The van der Waals surface area contributed by atoms with Gasteiger partial charge in [0.1, 0.15) is 4.88 Å². The van der Waals surface area contributed by atoms with Crippen molar-refractivity contribution in [2.75, 3.05) is 5.73 Å². The number of carbonyl (C=O) groups excluding carboxylic acids is 1. The molecule has 5 nitrogen and oxygen atoms in total. The summed E-state index contributed by atoms with van der Waals surface area (Å²) in [6, 6.07) is 0.536. The van der Waals surface area contributed by atoms with Gasteiger partial charge in [0.15, 0.2) is 5.13 Å². The Labute approximate surface area is 105 Å². The van der Waals surface area contributed by atoms with Crippen molar-refractivity contribution in [3.05, 3.63) is 10.6 Å². The molecule has 0 radical (unpaired) electrons. The number of aryl methyl sites for hydroxylation is 1. The molecule has 5 N–H and O–H groups in total. The van der Waals surface area contributed by atoms with Crippen molar-refractivity contribution < 1.29 is 4.79 Å². The van der Waals surface area contributed by atoms with Gasteiger partial charge in [-0.05, 0) is 32.6 Å². The molecule has 1 saturated carbocycles. The van der Waals surface area contributed by atoms with Crippen molar-refractivity contribution in [2.24, 2.45) is 5.73 Å². The van der Waals surface area contributed by atoms with Crippen LogP contribution in [0.25, 0.3) is 0 Å². The van der Waals surface area contributed by atoms with Gasteiger partial charge in [-0.2, -0.15) is 0 Å². The molecule has 1 heterocycles. The summed E-state index contributed by atoms with van der Waals surface area (Å²) in [4.78, 5) is 16.7. The van der Waals surface area contributed by atoms with Crippen LogP contribution in [0.3, 0.4) is 0 Å². The lowest BCUT2D eigenvalue weighted by Gasteiger charge is -2.26. The summed E-state index contributed by atoms with van der Waals surface area (Å²) in [6.07, 6.45) is 3.88. The summed E-state index contributed by atoms with van der Waals surface area (Å²) < 4.78 is 0. The first-order valence-electron chi connectivity index (χ1n) is 5.85. The summed E-state index contributed by atoms with van der Waals surface area (Å²) >= 11 is 1.24. The van der Waals surface area contributed by atoms with Gasteiger partial charge in [0.25, 0.3) is 5.91 Å². The molecular weight excluding hydrogens is 236 g/mol. The van der Waals surface area contributed by atoms with E-state index in [1.54, 1.807) is 6.92 Å². The van der Waals surface area contributed by atoms with Gasteiger partial charge in [-0.3, -0.25) is 4.79 Å². The predicted octanol–water partition coefficient (Wildman–Crippen LogP) is 1.03. The van der Waals surface area contributed by atoms with Crippen LogP contribution in [0, 0.1) is 6.92 Å². The minimum Gasteiger partial charge on any atom is -0.375 e. The van der Waals surface area contributed by atoms with Gasteiger partial charge in [0.05, 0.1) is 5.69 Å². The smallest absolute Gasteiger partial charge is 0.263 e. The molecule has 1 aliphatic rings. The highest BCUT2D eigenvalue weighted by Gasteiger charge is 2.22. The monoisotopic (exact) mass is 254 g/mol. The van der Waals surface area contributed by atoms with E-state index in [2.05, 4.69) is 10.3 Å². The molecule has 1 aromatic heterocycles. The third-order valence-electron chi connectivity index (χ3n) is 3.13. The highest BCUT2D eigenvalue weighted by Crippen LogP contribution is 2.21. The van der Waals surface area contributed by atoms with Crippen molar-refractivity contribution >= 4 is 22.4 Å². The number of amides is 1. The number of nitrogens with zero attached hydrogens (tertiary/aromatic N) is 1. The van der Waals surface area contributed by atoms with Crippen LogP contribution >= 0.6 is 11.3 Å². The highest BCUT2D eigenvalue weighted by molar-refractivity contribution is 7.17. The summed E-state index contributed by atoms with van der Waals surface area (Å²) in [5.41, 5.74) is 12.1. The Kier molecular flexibility index (Phi) is 3.63. The molecule has 1 fully saturated rings. The summed E-state index contributed by atoms with van der Waals surface area (Å²) in [6.45, 7) is 1.80. The van der Waals surface area contributed by atoms with Gasteiger partial charge in [0.2, 0.25) is 0 Å². The number of nitrogens with two attached hydrogens (primary N) is 2. The molecular formula is C11H18N4OS. The number of hydrogen-bond donors (Lipinski definition) is 3. The second-order valence-corrected chi connectivity index (χ2v) is 5.58. The zero-order valence-electron chi connectivity index (χ0n) is 9.90. The Bertz CT molecular complexity index is 410. The zero-order chi connectivity index (χ0) is 12.4. The number of thiazole rings is 1. The maximum Gasteiger partial charge on any atom is 0.263 e. The maximum atomic E-state index is 12.0. The van der Waals surface area contributed by atoms with Gasteiger partial charge in [-0.25, -0.2) is 4.98 Å². The molecule has 17 heavy (non-hydrogen) atoms. The number of nitrogen functional groups attached to an aromatic ring is 1. The van der Waals surface area contributed by atoms with Gasteiger partial charge < -0.3 is 16.8 Å². The van der Waals surface area contributed by atoms with Crippen molar-refractivity contribution in [1.82, 2.24) is 10.3 Å². The van der Waals surface area contributed by atoms with Crippen LogP contribution in [0.15, 0.2) is 0 Å². The Morgan fingerprint density at radius 1 is 1.41 bits per heavy atom.